The molecule has 3 heterocycles. The fourth-order valence-electron chi connectivity index (χ4n) is 3.00. The second-order valence-electron chi connectivity index (χ2n) is 6.52. The van der Waals surface area contributed by atoms with Gasteiger partial charge in [-0.2, -0.15) is 5.10 Å². The van der Waals surface area contributed by atoms with E-state index >= 15 is 0 Å². The predicted octanol–water partition coefficient (Wildman–Crippen LogP) is 2.20. The molecule has 0 atom stereocenters. The van der Waals surface area contributed by atoms with Gasteiger partial charge < -0.3 is 5.32 Å². The number of benzene rings is 1. The minimum Gasteiger partial charge on any atom is -0.354 e. The summed E-state index contributed by atoms with van der Waals surface area (Å²) in [6.45, 7) is 1.10. The summed E-state index contributed by atoms with van der Waals surface area (Å²) < 4.78 is 16.1. The number of hydrogen-bond donors (Lipinski definition) is 1. The lowest BCUT2D eigenvalue weighted by atomic mass is 10.2. The summed E-state index contributed by atoms with van der Waals surface area (Å²) in [7, 11) is 0. The van der Waals surface area contributed by atoms with Gasteiger partial charge in [0.25, 0.3) is 5.56 Å². The summed E-state index contributed by atoms with van der Waals surface area (Å²) in [5.74, 6) is -0.378. The highest BCUT2D eigenvalue weighted by Crippen LogP contribution is 2.09. The molecular weight excluding hydrogens is 393 g/mol. The Kier molecular flexibility index (Phi) is 5.48. The number of thiophene rings is 1. The molecule has 0 aliphatic rings. The van der Waals surface area contributed by atoms with E-state index in [-0.39, 0.29) is 17.3 Å². The van der Waals surface area contributed by atoms with Crippen LogP contribution in [-0.4, -0.2) is 31.8 Å². The fourth-order valence-corrected chi connectivity index (χ4v) is 3.70. The molecular formula is C20H18FN5O2S. The number of carbonyl (C=O) groups is 1. The van der Waals surface area contributed by atoms with E-state index in [4.69, 9.17) is 0 Å². The van der Waals surface area contributed by atoms with Gasteiger partial charge in [-0.05, 0) is 29.1 Å². The molecule has 9 heteroatoms. The third-order valence-electron chi connectivity index (χ3n) is 4.45. The van der Waals surface area contributed by atoms with Gasteiger partial charge in [0.05, 0.1) is 25.7 Å². The van der Waals surface area contributed by atoms with Crippen molar-refractivity contribution in [3.63, 3.8) is 0 Å². The summed E-state index contributed by atoms with van der Waals surface area (Å²) in [4.78, 5) is 30.0. The zero-order chi connectivity index (χ0) is 20.2. The minimum absolute atomic E-state index is 0.0569. The minimum atomic E-state index is -0.321. The van der Waals surface area contributed by atoms with Crippen molar-refractivity contribution in [1.82, 2.24) is 24.6 Å². The molecule has 0 fully saturated rings. The van der Waals surface area contributed by atoms with Crippen LogP contribution in [0.5, 0.6) is 0 Å². The Bertz CT molecular complexity index is 1180. The largest absolute Gasteiger partial charge is 0.354 e. The maximum atomic E-state index is 13.0. The molecule has 0 unspecified atom stereocenters. The molecule has 0 spiro atoms. The number of amides is 1. The van der Waals surface area contributed by atoms with E-state index in [9.17, 15) is 14.0 Å². The van der Waals surface area contributed by atoms with E-state index in [0.29, 0.717) is 37.1 Å². The lowest BCUT2D eigenvalue weighted by Crippen LogP contribution is -2.28. The third-order valence-corrected chi connectivity index (χ3v) is 5.33. The van der Waals surface area contributed by atoms with Gasteiger partial charge in [0, 0.05) is 11.4 Å². The molecule has 4 aromatic rings. The van der Waals surface area contributed by atoms with E-state index in [2.05, 4.69) is 15.4 Å². The van der Waals surface area contributed by atoms with E-state index in [1.165, 1.54) is 29.2 Å². The number of hydrogen-bond acceptors (Lipinski definition) is 5. The number of nitrogens with zero attached hydrogens (tertiary/aromatic N) is 4. The van der Waals surface area contributed by atoms with Crippen molar-refractivity contribution in [2.75, 3.05) is 6.54 Å². The smallest absolute Gasteiger partial charge is 0.264 e. The predicted molar refractivity (Wildman–Crippen MR) is 108 cm³/mol. The number of rotatable bonds is 7. The summed E-state index contributed by atoms with van der Waals surface area (Å²) >= 11 is 1.54. The fraction of sp³-hybridized carbons (Fsp3) is 0.200. The molecule has 0 bridgehead atoms. The molecule has 1 aromatic carbocycles. The van der Waals surface area contributed by atoms with Crippen LogP contribution < -0.4 is 10.9 Å². The third kappa shape index (κ3) is 4.40. The molecule has 1 N–H and O–H groups in total. The topological polar surface area (TPSA) is 81.8 Å². The Labute approximate surface area is 169 Å². The average Bonchev–Trinajstić information content (AvgIpc) is 3.36. The summed E-state index contributed by atoms with van der Waals surface area (Å²) in [6, 6.07) is 9.82. The molecule has 1 amide bonds. The van der Waals surface area contributed by atoms with Crippen LogP contribution in [0, 0.1) is 5.82 Å². The van der Waals surface area contributed by atoms with Crippen LogP contribution in [0.25, 0.3) is 11.0 Å². The first-order valence-corrected chi connectivity index (χ1v) is 9.92. The molecule has 0 saturated carbocycles. The Morgan fingerprint density at radius 2 is 2.03 bits per heavy atom. The first-order chi connectivity index (χ1) is 14.1. The normalized spacial score (nSPS) is 11.1. The van der Waals surface area contributed by atoms with Gasteiger partial charge in [-0.1, -0.05) is 18.2 Å². The quantitative estimate of drug-likeness (QED) is 0.506. The van der Waals surface area contributed by atoms with E-state index in [1.54, 1.807) is 28.2 Å². The van der Waals surface area contributed by atoms with Crippen molar-refractivity contribution >= 4 is 28.3 Å². The van der Waals surface area contributed by atoms with Gasteiger partial charge in [0.1, 0.15) is 17.5 Å². The van der Waals surface area contributed by atoms with Crippen molar-refractivity contribution in [2.45, 2.75) is 19.5 Å². The second kappa shape index (κ2) is 8.36. The molecule has 0 aliphatic carbocycles. The second-order valence-corrected chi connectivity index (χ2v) is 7.55. The zero-order valence-corrected chi connectivity index (χ0v) is 16.2. The van der Waals surface area contributed by atoms with Gasteiger partial charge >= 0.3 is 0 Å². The number of aromatic nitrogens is 4. The van der Waals surface area contributed by atoms with Gasteiger partial charge in [-0.25, -0.2) is 14.1 Å². The summed E-state index contributed by atoms with van der Waals surface area (Å²) in [6.07, 6.45) is 3.30. The molecule has 3 aromatic heterocycles. The Balaban J connectivity index is 1.42. The van der Waals surface area contributed by atoms with Crippen LogP contribution in [0.1, 0.15) is 10.4 Å². The molecule has 0 radical (unpaired) electrons. The van der Waals surface area contributed by atoms with E-state index in [0.717, 1.165) is 10.4 Å². The molecule has 7 nitrogen and oxygen atoms in total. The van der Waals surface area contributed by atoms with Crippen molar-refractivity contribution in [1.29, 1.82) is 0 Å². The highest BCUT2D eigenvalue weighted by Gasteiger charge is 2.11. The lowest BCUT2D eigenvalue weighted by Gasteiger charge is -2.07. The maximum absolute atomic E-state index is 13.0. The maximum Gasteiger partial charge on any atom is 0.264 e. The number of carbonyl (C=O) groups excluding carboxylic acids is 1. The summed E-state index contributed by atoms with van der Waals surface area (Å²) in [5, 5.41) is 9.42. The zero-order valence-electron chi connectivity index (χ0n) is 15.4. The highest BCUT2D eigenvalue weighted by atomic mass is 32.1. The number of nitrogens with one attached hydrogen (secondary N) is 1. The average molecular weight is 411 g/mol. The van der Waals surface area contributed by atoms with Gasteiger partial charge in [0.2, 0.25) is 5.91 Å². The Morgan fingerprint density at radius 1 is 1.21 bits per heavy atom. The molecule has 0 saturated heterocycles. The van der Waals surface area contributed by atoms with Crippen LogP contribution in [0.15, 0.2) is 59.1 Å². The van der Waals surface area contributed by atoms with Crippen LogP contribution in [0.3, 0.4) is 0 Å². The monoisotopic (exact) mass is 411 g/mol. The molecule has 0 aliphatic heterocycles. The van der Waals surface area contributed by atoms with Crippen LogP contribution in [-0.2, 0) is 24.3 Å². The van der Waals surface area contributed by atoms with Crippen molar-refractivity contribution < 1.29 is 9.18 Å². The highest BCUT2D eigenvalue weighted by molar-refractivity contribution is 7.10. The van der Waals surface area contributed by atoms with Crippen LogP contribution >= 0.6 is 11.3 Å². The van der Waals surface area contributed by atoms with E-state index in [1.807, 2.05) is 17.5 Å². The molecule has 29 heavy (non-hydrogen) atoms. The van der Waals surface area contributed by atoms with Crippen LogP contribution in [0.4, 0.5) is 4.39 Å². The van der Waals surface area contributed by atoms with Crippen LogP contribution in [0.2, 0.25) is 0 Å². The number of halogens is 1. The van der Waals surface area contributed by atoms with E-state index < -0.39 is 0 Å². The summed E-state index contributed by atoms with van der Waals surface area (Å²) in [5.41, 5.74) is 1.06. The Hall–Kier alpha value is -3.33. The Morgan fingerprint density at radius 3 is 2.79 bits per heavy atom. The lowest BCUT2D eigenvalue weighted by molar-refractivity contribution is -0.120. The van der Waals surface area contributed by atoms with Gasteiger partial charge in [-0.15, -0.1) is 11.3 Å². The molecule has 4 rings (SSSR count). The van der Waals surface area contributed by atoms with Gasteiger partial charge in [0.15, 0.2) is 5.65 Å². The SMILES string of the molecule is O=C(Cc1cccs1)NCCn1ncc2c(=O)n(Cc3ccc(F)cc3)cnc21. The van der Waals surface area contributed by atoms with Crippen molar-refractivity contribution in [2.24, 2.45) is 0 Å². The van der Waals surface area contributed by atoms with Gasteiger partial charge in [-0.3, -0.25) is 14.2 Å². The number of fused-ring (bicyclic) bond motifs is 1. The first kappa shape index (κ1) is 19.0. The van der Waals surface area contributed by atoms with Crippen molar-refractivity contribution in [3.8, 4) is 0 Å². The standard InChI is InChI=1S/C20H18FN5O2S/c21-15-5-3-14(4-6-15)12-25-13-23-19-17(20(25)28)11-24-26(19)8-7-22-18(27)10-16-2-1-9-29-16/h1-6,9,11,13H,7-8,10,12H2,(H,22,27). The van der Waals surface area contributed by atoms with Crippen molar-refractivity contribution in [3.05, 3.63) is 80.9 Å². The molecule has 148 valence electrons. The first-order valence-electron chi connectivity index (χ1n) is 9.04.